The Hall–Kier alpha value is -0.860. The van der Waals surface area contributed by atoms with Gasteiger partial charge in [-0.25, -0.2) is 9.97 Å². The number of hydrogen-bond acceptors (Lipinski definition) is 10. The van der Waals surface area contributed by atoms with E-state index in [2.05, 4.69) is 15.3 Å². The maximum Gasteiger partial charge on any atom is 0.365 e. The third kappa shape index (κ3) is 5.19. The molecule has 0 radical (unpaired) electrons. The smallest absolute Gasteiger partial charge is 0.346 e. The van der Waals surface area contributed by atoms with Crippen molar-refractivity contribution in [3.8, 4) is 0 Å². The van der Waals surface area contributed by atoms with E-state index in [1.54, 1.807) is 34.6 Å². The monoisotopic (exact) mass is 451 g/mol. The van der Waals surface area contributed by atoms with Gasteiger partial charge in [-0.3, -0.25) is 9.13 Å². The standard InChI is InChI=1S/C16H27N3O6P2S/c1-6-22-26(20,23-7-2)16(27(21,24-8-3)25-9-4)19-14-13-10-11-28-15(13)18-12(5)17-14/h10-11,16H,6-9H2,1-5H3,(H,17,18,19). The number of nitrogens with one attached hydrogen (secondary N) is 1. The Kier molecular flexibility index (Phi) is 8.58. The average molecular weight is 451 g/mol. The highest BCUT2D eigenvalue weighted by Crippen LogP contribution is 2.70. The molecule has 0 saturated carbocycles. The summed E-state index contributed by atoms with van der Waals surface area (Å²) in [5, 5.41) is 5.58. The van der Waals surface area contributed by atoms with E-state index < -0.39 is 20.7 Å². The molecular formula is C16H27N3O6P2S. The molecule has 0 fully saturated rings. The van der Waals surface area contributed by atoms with E-state index in [9.17, 15) is 9.13 Å². The van der Waals surface area contributed by atoms with Crippen molar-refractivity contribution in [2.45, 2.75) is 40.1 Å². The zero-order chi connectivity index (χ0) is 20.8. The van der Waals surface area contributed by atoms with Gasteiger partial charge in [0.2, 0.25) is 5.52 Å². The van der Waals surface area contributed by atoms with Crippen molar-refractivity contribution in [2.75, 3.05) is 31.7 Å². The van der Waals surface area contributed by atoms with Crippen molar-refractivity contribution < 1.29 is 27.2 Å². The van der Waals surface area contributed by atoms with Gasteiger partial charge in [0.25, 0.3) is 0 Å². The van der Waals surface area contributed by atoms with Gasteiger partial charge < -0.3 is 23.4 Å². The zero-order valence-electron chi connectivity index (χ0n) is 16.7. The van der Waals surface area contributed by atoms with Crippen LogP contribution in [0.3, 0.4) is 0 Å². The molecule has 12 heteroatoms. The molecular weight excluding hydrogens is 424 g/mol. The minimum Gasteiger partial charge on any atom is -0.346 e. The highest BCUT2D eigenvalue weighted by Gasteiger charge is 2.51. The molecule has 0 atom stereocenters. The van der Waals surface area contributed by atoms with Gasteiger partial charge in [0.1, 0.15) is 16.5 Å². The molecule has 0 saturated heterocycles. The van der Waals surface area contributed by atoms with Crippen LogP contribution in [0.1, 0.15) is 33.5 Å². The van der Waals surface area contributed by atoms with Gasteiger partial charge in [-0.1, -0.05) is 0 Å². The maximum absolute atomic E-state index is 13.6. The third-order valence-corrected chi connectivity index (χ3v) is 9.97. The Balaban J connectivity index is 2.60. The summed E-state index contributed by atoms with van der Waals surface area (Å²) in [6.45, 7) is 8.88. The van der Waals surface area contributed by atoms with Crippen LogP contribution in [0, 0.1) is 6.92 Å². The zero-order valence-corrected chi connectivity index (χ0v) is 19.3. The summed E-state index contributed by atoms with van der Waals surface area (Å²) in [5.74, 6) is 0.884. The molecule has 0 aromatic carbocycles. The molecule has 0 aliphatic carbocycles. The number of thiophene rings is 1. The summed E-state index contributed by atoms with van der Waals surface area (Å²) in [7, 11) is -7.86. The van der Waals surface area contributed by atoms with Gasteiger partial charge in [0, 0.05) is 0 Å². The summed E-state index contributed by atoms with van der Waals surface area (Å²) in [6, 6.07) is 1.83. The van der Waals surface area contributed by atoms with Crippen molar-refractivity contribution in [3.05, 3.63) is 17.3 Å². The summed E-state index contributed by atoms with van der Waals surface area (Å²) in [5.41, 5.74) is -1.38. The second-order valence-electron chi connectivity index (χ2n) is 5.53. The van der Waals surface area contributed by atoms with Crippen molar-refractivity contribution in [1.82, 2.24) is 9.97 Å². The summed E-state index contributed by atoms with van der Waals surface area (Å²) in [6.07, 6.45) is 0. The van der Waals surface area contributed by atoms with Gasteiger partial charge in [-0.05, 0) is 46.1 Å². The predicted octanol–water partition coefficient (Wildman–Crippen LogP) is 5.23. The first-order chi connectivity index (χ1) is 13.3. The number of rotatable bonds is 12. The third-order valence-electron chi connectivity index (χ3n) is 3.54. The second kappa shape index (κ2) is 10.3. The first kappa shape index (κ1) is 23.4. The summed E-state index contributed by atoms with van der Waals surface area (Å²) < 4.78 is 49.0. The van der Waals surface area contributed by atoms with E-state index in [0.717, 1.165) is 4.83 Å². The fourth-order valence-corrected chi connectivity index (χ4v) is 8.31. The molecule has 0 aliphatic rings. The molecule has 158 valence electrons. The Morgan fingerprint density at radius 2 is 1.46 bits per heavy atom. The lowest BCUT2D eigenvalue weighted by molar-refractivity contribution is 0.198. The van der Waals surface area contributed by atoms with Gasteiger partial charge >= 0.3 is 15.2 Å². The summed E-state index contributed by atoms with van der Waals surface area (Å²) >= 11 is 1.44. The molecule has 1 N–H and O–H groups in total. The largest absolute Gasteiger partial charge is 0.365 e. The molecule has 0 bridgehead atoms. The van der Waals surface area contributed by atoms with Crippen LogP contribution in [0.4, 0.5) is 5.82 Å². The Morgan fingerprint density at radius 3 is 1.93 bits per heavy atom. The molecule has 0 amide bonds. The van der Waals surface area contributed by atoms with Gasteiger partial charge in [0.15, 0.2) is 0 Å². The highest BCUT2D eigenvalue weighted by molar-refractivity contribution is 7.72. The lowest BCUT2D eigenvalue weighted by Gasteiger charge is -2.32. The van der Waals surface area contributed by atoms with E-state index in [-0.39, 0.29) is 26.4 Å². The lowest BCUT2D eigenvalue weighted by atomic mass is 10.4. The number of nitrogens with zero attached hydrogens (tertiary/aromatic N) is 2. The molecule has 2 aromatic heterocycles. The van der Waals surface area contributed by atoms with Crippen LogP contribution >= 0.6 is 26.5 Å². The minimum absolute atomic E-state index is 0.102. The Labute approximate surface area is 169 Å². The first-order valence-electron chi connectivity index (χ1n) is 9.09. The quantitative estimate of drug-likeness (QED) is 0.434. The van der Waals surface area contributed by atoms with Crippen LogP contribution in [0.25, 0.3) is 10.2 Å². The Morgan fingerprint density at radius 1 is 0.964 bits per heavy atom. The summed E-state index contributed by atoms with van der Waals surface area (Å²) in [4.78, 5) is 9.53. The van der Waals surface area contributed by atoms with E-state index in [4.69, 9.17) is 18.1 Å². The van der Waals surface area contributed by atoms with Gasteiger partial charge in [-0.2, -0.15) is 0 Å². The van der Waals surface area contributed by atoms with Crippen LogP contribution < -0.4 is 5.32 Å². The molecule has 0 unspecified atom stereocenters. The van der Waals surface area contributed by atoms with Crippen LogP contribution in [0.15, 0.2) is 11.4 Å². The van der Waals surface area contributed by atoms with E-state index in [1.807, 2.05) is 11.4 Å². The lowest BCUT2D eigenvalue weighted by Crippen LogP contribution is -2.26. The van der Waals surface area contributed by atoms with Crippen molar-refractivity contribution in [2.24, 2.45) is 0 Å². The number of aryl methyl sites for hydroxylation is 1. The van der Waals surface area contributed by atoms with Crippen LogP contribution in [0.2, 0.25) is 0 Å². The van der Waals surface area contributed by atoms with Crippen LogP contribution in [-0.2, 0) is 27.2 Å². The predicted molar refractivity (Wildman–Crippen MR) is 111 cm³/mol. The minimum atomic E-state index is -3.93. The van der Waals surface area contributed by atoms with Gasteiger partial charge in [-0.15, -0.1) is 11.3 Å². The van der Waals surface area contributed by atoms with E-state index >= 15 is 0 Å². The van der Waals surface area contributed by atoms with Crippen LogP contribution in [0.5, 0.6) is 0 Å². The highest BCUT2D eigenvalue weighted by atomic mass is 32.1. The van der Waals surface area contributed by atoms with Crippen LogP contribution in [-0.4, -0.2) is 41.9 Å². The first-order valence-corrected chi connectivity index (χ1v) is 13.2. The second-order valence-corrected chi connectivity index (χ2v) is 11.1. The number of aromatic nitrogens is 2. The molecule has 0 spiro atoms. The molecule has 0 aliphatic heterocycles. The number of hydrogen-bond donors (Lipinski definition) is 1. The topological polar surface area (TPSA) is 109 Å². The number of fused-ring (bicyclic) bond motifs is 1. The fourth-order valence-electron chi connectivity index (χ4n) is 2.60. The van der Waals surface area contributed by atoms with Gasteiger partial charge in [0.05, 0.1) is 31.8 Å². The van der Waals surface area contributed by atoms with Crippen molar-refractivity contribution >= 4 is 42.6 Å². The van der Waals surface area contributed by atoms with E-state index in [0.29, 0.717) is 17.0 Å². The Bertz CT molecular complexity index is 827. The number of anilines is 1. The molecule has 9 nitrogen and oxygen atoms in total. The maximum atomic E-state index is 13.6. The average Bonchev–Trinajstić information content (AvgIpc) is 3.08. The fraction of sp³-hybridized carbons (Fsp3) is 0.625. The molecule has 2 heterocycles. The normalized spacial score (nSPS) is 12.8. The van der Waals surface area contributed by atoms with Crippen molar-refractivity contribution in [3.63, 3.8) is 0 Å². The molecule has 2 rings (SSSR count). The van der Waals surface area contributed by atoms with Crippen molar-refractivity contribution in [1.29, 1.82) is 0 Å². The molecule has 28 heavy (non-hydrogen) atoms. The van der Waals surface area contributed by atoms with E-state index in [1.165, 1.54) is 11.3 Å². The SMILES string of the molecule is CCOP(=O)(OCC)C(Nc1nc(C)nc2sccc12)P(=O)(OCC)OCC. The molecule has 2 aromatic rings.